The standard InChI is InChI=1S/C30H46N4O2S/c1-3-4-5-6-7-8-9-10-11-12-13-14-15-19-23-34-26-27(33(2)29(36)32-28(26)35)31-30(34)37-24-22-25-20-17-16-18-21-25/h16-18,20-21H,3-15,19,22-24H2,1-2H3,(H,32,35,36). The maximum absolute atomic E-state index is 12.7. The van der Waals surface area contributed by atoms with Crippen LogP contribution in [0.1, 0.15) is 102 Å². The molecular formula is C30H46N4O2S. The average Bonchev–Trinajstić information content (AvgIpc) is 3.27. The minimum atomic E-state index is -0.417. The molecule has 0 aliphatic carbocycles. The molecule has 0 saturated carbocycles. The number of H-pyrrole nitrogens is 1. The Morgan fingerprint density at radius 2 is 1.38 bits per heavy atom. The Hall–Kier alpha value is -2.28. The molecule has 6 nitrogen and oxygen atoms in total. The molecule has 0 amide bonds. The van der Waals surface area contributed by atoms with E-state index in [2.05, 4.69) is 36.2 Å². The van der Waals surface area contributed by atoms with E-state index in [0.29, 0.717) is 11.2 Å². The molecule has 0 bridgehead atoms. The molecular weight excluding hydrogens is 480 g/mol. The zero-order valence-electron chi connectivity index (χ0n) is 23.0. The number of aromatic nitrogens is 4. The van der Waals surface area contributed by atoms with Gasteiger partial charge in [-0.1, -0.05) is 132 Å². The first-order chi connectivity index (χ1) is 18.1. The Bertz CT molecular complexity index is 1170. The zero-order chi connectivity index (χ0) is 26.3. The highest BCUT2D eigenvalue weighted by molar-refractivity contribution is 7.99. The van der Waals surface area contributed by atoms with Gasteiger partial charge in [-0.3, -0.25) is 14.3 Å². The van der Waals surface area contributed by atoms with Crippen LogP contribution in [0, 0.1) is 0 Å². The molecule has 0 spiro atoms. The predicted octanol–water partition coefficient (Wildman–Crippen LogP) is 7.24. The summed E-state index contributed by atoms with van der Waals surface area (Å²) in [5.74, 6) is 0.873. The summed E-state index contributed by atoms with van der Waals surface area (Å²) in [6, 6.07) is 10.4. The first-order valence-corrected chi connectivity index (χ1v) is 15.5. The maximum atomic E-state index is 12.7. The first-order valence-electron chi connectivity index (χ1n) is 14.5. The second kappa shape index (κ2) is 16.5. The molecule has 0 saturated heterocycles. The molecule has 37 heavy (non-hydrogen) atoms. The van der Waals surface area contributed by atoms with Crippen LogP contribution in [0.4, 0.5) is 0 Å². The van der Waals surface area contributed by atoms with Crippen molar-refractivity contribution in [1.82, 2.24) is 19.1 Å². The number of thioether (sulfide) groups is 1. The van der Waals surface area contributed by atoms with Gasteiger partial charge in [0.1, 0.15) is 0 Å². The van der Waals surface area contributed by atoms with Crippen molar-refractivity contribution < 1.29 is 0 Å². The van der Waals surface area contributed by atoms with Crippen LogP contribution in [-0.4, -0.2) is 24.9 Å². The van der Waals surface area contributed by atoms with Crippen molar-refractivity contribution in [2.45, 2.75) is 115 Å². The van der Waals surface area contributed by atoms with Crippen molar-refractivity contribution in [2.75, 3.05) is 5.75 Å². The highest BCUT2D eigenvalue weighted by Crippen LogP contribution is 2.23. The van der Waals surface area contributed by atoms with Crippen LogP contribution in [0.15, 0.2) is 45.1 Å². The lowest BCUT2D eigenvalue weighted by Crippen LogP contribution is -2.29. The monoisotopic (exact) mass is 526 g/mol. The van der Waals surface area contributed by atoms with E-state index in [4.69, 9.17) is 4.98 Å². The quantitative estimate of drug-likeness (QED) is 0.132. The van der Waals surface area contributed by atoms with Gasteiger partial charge in [0.15, 0.2) is 16.3 Å². The lowest BCUT2D eigenvalue weighted by atomic mass is 10.0. The van der Waals surface area contributed by atoms with Gasteiger partial charge in [-0.15, -0.1) is 0 Å². The molecule has 2 aromatic heterocycles. The van der Waals surface area contributed by atoms with E-state index >= 15 is 0 Å². The predicted molar refractivity (Wildman–Crippen MR) is 157 cm³/mol. The van der Waals surface area contributed by atoms with E-state index in [1.54, 1.807) is 18.8 Å². The second-order valence-electron chi connectivity index (χ2n) is 10.2. The first kappa shape index (κ1) is 29.3. The number of unbranched alkanes of at least 4 members (excludes halogenated alkanes) is 13. The van der Waals surface area contributed by atoms with Crippen LogP contribution in [0.3, 0.4) is 0 Å². The average molecular weight is 527 g/mol. The molecule has 0 aliphatic rings. The molecule has 3 rings (SSSR count). The van der Waals surface area contributed by atoms with Gasteiger partial charge in [0.05, 0.1) is 0 Å². The van der Waals surface area contributed by atoms with Crippen LogP contribution < -0.4 is 11.2 Å². The largest absolute Gasteiger partial charge is 0.329 e. The number of aromatic amines is 1. The molecule has 0 radical (unpaired) electrons. The number of nitrogens with one attached hydrogen (secondary N) is 1. The summed E-state index contributed by atoms with van der Waals surface area (Å²) in [6.07, 6.45) is 19.4. The number of fused-ring (bicyclic) bond motifs is 1. The maximum Gasteiger partial charge on any atom is 0.329 e. The van der Waals surface area contributed by atoms with Crippen molar-refractivity contribution in [1.29, 1.82) is 0 Å². The molecule has 0 fully saturated rings. The number of nitrogens with zero attached hydrogens (tertiary/aromatic N) is 3. The minimum absolute atomic E-state index is 0.342. The Balaban J connectivity index is 1.44. The minimum Gasteiger partial charge on any atom is -0.313 e. The van der Waals surface area contributed by atoms with Crippen molar-refractivity contribution in [2.24, 2.45) is 7.05 Å². The van der Waals surface area contributed by atoms with Crippen molar-refractivity contribution in [3.63, 3.8) is 0 Å². The number of hydrogen-bond acceptors (Lipinski definition) is 4. The zero-order valence-corrected chi connectivity index (χ0v) is 23.8. The van der Waals surface area contributed by atoms with E-state index in [9.17, 15) is 9.59 Å². The van der Waals surface area contributed by atoms with Crippen LogP contribution >= 0.6 is 11.8 Å². The Labute approximate surface area is 226 Å². The lowest BCUT2D eigenvalue weighted by molar-refractivity contribution is 0.519. The fraction of sp³-hybridized carbons (Fsp3) is 0.633. The van der Waals surface area contributed by atoms with Gasteiger partial charge in [0, 0.05) is 19.3 Å². The summed E-state index contributed by atoms with van der Waals surface area (Å²) in [6.45, 7) is 3.03. The van der Waals surface area contributed by atoms with Gasteiger partial charge < -0.3 is 4.57 Å². The molecule has 1 aromatic carbocycles. The van der Waals surface area contributed by atoms with Gasteiger partial charge in [-0.25, -0.2) is 9.78 Å². The van der Waals surface area contributed by atoms with Gasteiger partial charge in [-0.2, -0.15) is 0 Å². The van der Waals surface area contributed by atoms with Crippen LogP contribution in [-0.2, 0) is 20.0 Å². The third-order valence-electron chi connectivity index (χ3n) is 7.17. The highest BCUT2D eigenvalue weighted by Gasteiger charge is 2.17. The molecule has 0 aliphatic heterocycles. The third-order valence-corrected chi connectivity index (χ3v) is 8.15. The number of rotatable bonds is 19. The number of aryl methyl sites for hydroxylation is 3. The van der Waals surface area contributed by atoms with Gasteiger partial charge >= 0.3 is 5.69 Å². The Morgan fingerprint density at radius 1 is 0.811 bits per heavy atom. The fourth-order valence-corrected chi connectivity index (χ4v) is 5.91. The molecule has 3 aromatic rings. The van der Waals surface area contributed by atoms with Crippen molar-refractivity contribution in [3.05, 3.63) is 56.7 Å². The molecule has 1 N–H and O–H groups in total. The lowest BCUT2D eigenvalue weighted by Gasteiger charge is -2.09. The molecule has 204 valence electrons. The topological polar surface area (TPSA) is 72.7 Å². The van der Waals surface area contributed by atoms with Crippen molar-refractivity contribution in [3.8, 4) is 0 Å². The van der Waals surface area contributed by atoms with E-state index in [-0.39, 0.29) is 5.56 Å². The number of imidazole rings is 1. The summed E-state index contributed by atoms with van der Waals surface area (Å²) in [7, 11) is 1.67. The smallest absolute Gasteiger partial charge is 0.313 e. The van der Waals surface area contributed by atoms with E-state index in [1.807, 2.05) is 10.6 Å². The summed E-state index contributed by atoms with van der Waals surface area (Å²) in [4.78, 5) is 32.0. The third kappa shape index (κ3) is 9.51. The molecule has 7 heteroatoms. The highest BCUT2D eigenvalue weighted by atomic mass is 32.2. The normalized spacial score (nSPS) is 11.5. The number of hydrogen-bond donors (Lipinski definition) is 1. The number of benzene rings is 1. The second-order valence-corrected chi connectivity index (χ2v) is 11.3. The SMILES string of the molecule is CCCCCCCCCCCCCCCCn1c(SCCc2ccccc2)nc2c1c(=O)[nH]c(=O)n2C. The summed E-state index contributed by atoms with van der Waals surface area (Å²) in [5, 5.41) is 0.826. The van der Waals surface area contributed by atoms with E-state index in [1.165, 1.54) is 87.2 Å². The van der Waals surface area contributed by atoms with Gasteiger partial charge in [0.25, 0.3) is 5.56 Å². The molecule has 2 heterocycles. The summed E-state index contributed by atoms with van der Waals surface area (Å²) < 4.78 is 3.48. The van der Waals surface area contributed by atoms with Crippen LogP contribution in [0.5, 0.6) is 0 Å². The Morgan fingerprint density at radius 3 is 1.97 bits per heavy atom. The van der Waals surface area contributed by atoms with Crippen molar-refractivity contribution >= 4 is 22.9 Å². The molecule has 0 unspecified atom stereocenters. The fourth-order valence-electron chi connectivity index (χ4n) is 4.90. The van der Waals surface area contributed by atoms with Gasteiger partial charge in [0.2, 0.25) is 0 Å². The van der Waals surface area contributed by atoms with Crippen LogP contribution in [0.2, 0.25) is 0 Å². The molecule has 0 atom stereocenters. The summed E-state index contributed by atoms with van der Waals surface area (Å²) >= 11 is 1.66. The Kier molecular flexibility index (Phi) is 13.1. The van der Waals surface area contributed by atoms with E-state index in [0.717, 1.165) is 36.7 Å². The van der Waals surface area contributed by atoms with Gasteiger partial charge in [-0.05, 0) is 18.4 Å². The summed E-state index contributed by atoms with van der Waals surface area (Å²) in [5.41, 5.74) is 1.51. The van der Waals surface area contributed by atoms with E-state index < -0.39 is 5.69 Å². The van der Waals surface area contributed by atoms with Crippen LogP contribution in [0.25, 0.3) is 11.2 Å².